The van der Waals surface area contributed by atoms with E-state index >= 15 is 0 Å². The number of para-hydroxylation sites is 1. The van der Waals surface area contributed by atoms with Crippen molar-refractivity contribution in [3.8, 4) is 0 Å². The summed E-state index contributed by atoms with van der Waals surface area (Å²) in [7, 11) is 0. The van der Waals surface area contributed by atoms with Crippen molar-refractivity contribution in [2.75, 3.05) is 11.9 Å². The van der Waals surface area contributed by atoms with Crippen molar-refractivity contribution in [2.24, 2.45) is 0 Å². The van der Waals surface area contributed by atoms with Gasteiger partial charge in [-0.3, -0.25) is 0 Å². The summed E-state index contributed by atoms with van der Waals surface area (Å²) in [6.07, 6.45) is -4.58. The topological polar surface area (TPSA) is 61.4 Å². The van der Waals surface area contributed by atoms with Gasteiger partial charge in [-0.25, -0.2) is 4.79 Å². The molecule has 0 aliphatic rings. The third kappa shape index (κ3) is 4.05. The maximum absolute atomic E-state index is 13.0. The monoisotopic (exact) mass is 338 g/mol. The highest BCUT2D eigenvalue weighted by Gasteiger charge is 2.34. The third-order valence-corrected chi connectivity index (χ3v) is 3.60. The molecule has 128 valence electrons. The van der Waals surface area contributed by atoms with Gasteiger partial charge in [-0.05, 0) is 24.6 Å². The molecule has 1 atom stereocenters. The first-order valence-corrected chi connectivity index (χ1v) is 7.18. The van der Waals surface area contributed by atoms with E-state index in [9.17, 15) is 23.1 Å². The Morgan fingerprint density at radius 1 is 1.04 bits per heavy atom. The molecular weight excluding hydrogens is 321 g/mol. The highest BCUT2D eigenvalue weighted by atomic mass is 19.4. The Labute approximate surface area is 137 Å². The van der Waals surface area contributed by atoms with Gasteiger partial charge in [-0.15, -0.1) is 0 Å². The lowest BCUT2D eigenvalue weighted by Crippen LogP contribution is -2.48. The number of benzene rings is 2. The van der Waals surface area contributed by atoms with Crippen LogP contribution >= 0.6 is 0 Å². The second-order valence-corrected chi connectivity index (χ2v) is 5.48. The Bertz CT molecular complexity index is 704. The van der Waals surface area contributed by atoms with Gasteiger partial charge >= 0.3 is 12.2 Å². The van der Waals surface area contributed by atoms with Gasteiger partial charge in [0, 0.05) is 0 Å². The van der Waals surface area contributed by atoms with E-state index in [0.717, 1.165) is 6.07 Å². The molecule has 24 heavy (non-hydrogen) atoms. The van der Waals surface area contributed by atoms with Crippen LogP contribution < -0.4 is 10.6 Å². The molecule has 2 aromatic rings. The minimum Gasteiger partial charge on any atom is -0.394 e. The first-order valence-electron chi connectivity index (χ1n) is 7.18. The van der Waals surface area contributed by atoms with E-state index in [1.165, 1.54) is 18.2 Å². The molecule has 2 rings (SSSR count). The molecule has 4 nitrogen and oxygen atoms in total. The Morgan fingerprint density at radius 3 is 2.21 bits per heavy atom. The summed E-state index contributed by atoms with van der Waals surface area (Å²) in [6, 6.07) is 12.5. The van der Waals surface area contributed by atoms with Crippen molar-refractivity contribution in [2.45, 2.75) is 18.6 Å². The van der Waals surface area contributed by atoms with Gasteiger partial charge in [0.2, 0.25) is 0 Å². The molecule has 0 aliphatic carbocycles. The fourth-order valence-electron chi connectivity index (χ4n) is 2.25. The number of aliphatic hydroxyl groups is 1. The van der Waals surface area contributed by atoms with Crippen molar-refractivity contribution in [3.05, 3.63) is 65.7 Å². The first kappa shape index (κ1) is 17.8. The zero-order valence-electron chi connectivity index (χ0n) is 12.9. The number of carbonyl (C=O) groups excluding carboxylic acids is 1. The quantitative estimate of drug-likeness (QED) is 0.795. The maximum atomic E-state index is 13.0. The van der Waals surface area contributed by atoms with Gasteiger partial charge < -0.3 is 15.7 Å². The van der Waals surface area contributed by atoms with Crippen LogP contribution in [0, 0.1) is 0 Å². The standard InChI is InChI=1S/C17H17F3N2O2/c1-16(11-23,12-7-3-2-4-8-12)22-15(24)21-14-10-6-5-9-13(14)17(18,19)20/h2-10,23H,11H2,1H3,(H2,21,22,24)/t16-/m0/s1. The van der Waals surface area contributed by atoms with E-state index in [1.54, 1.807) is 37.3 Å². The molecule has 2 amide bonds. The molecule has 0 heterocycles. The van der Waals surface area contributed by atoms with E-state index in [1.807, 2.05) is 0 Å². The number of hydrogen-bond donors (Lipinski definition) is 3. The number of halogens is 3. The molecule has 0 aromatic heterocycles. The highest BCUT2D eigenvalue weighted by Crippen LogP contribution is 2.34. The normalized spacial score (nSPS) is 13.9. The second kappa shape index (κ2) is 6.92. The molecule has 3 N–H and O–H groups in total. The molecule has 2 aromatic carbocycles. The number of nitrogens with one attached hydrogen (secondary N) is 2. The van der Waals surface area contributed by atoms with E-state index in [4.69, 9.17) is 0 Å². The molecule has 0 fully saturated rings. The fourth-order valence-corrected chi connectivity index (χ4v) is 2.25. The van der Waals surface area contributed by atoms with Crippen molar-refractivity contribution in [1.82, 2.24) is 5.32 Å². The van der Waals surface area contributed by atoms with Crippen LogP contribution in [0.15, 0.2) is 54.6 Å². The summed E-state index contributed by atoms with van der Waals surface area (Å²) in [6.45, 7) is 1.17. The van der Waals surface area contributed by atoms with Crippen LogP contribution in [0.3, 0.4) is 0 Å². The summed E-state index contributed by atoms with van der Waals surface area (Å²) in [4.78, 5) is 12.1. The number of amides is 2. The molecule has 0 bridgehead atoms. The van der Waals surface area contributed by atoms with Gasteiger partial charge in [0.05, 0.1) is 23.4 Å². The average Bonchev–Trinajstić information content (AvgIpc) is 2.55. The minimum atomic E-state index is -4.58. The van der Waals surface area contributed by atoms with E-state index in [-0.39, 0.29) is 5.69 Å². The predicted octanol–water partition coefficient (Wildman–Crippen LogP) is 3.73. The molecule has 7 heteroatoms. The summed E-state index contributed by atoms with van der Waals surface area (Å²) >= 11 is 0. The molecule has 0 aliphatic heterocycles. The van der Waals surface area contributed by atoms with Gasteiger partial charge in [-0.1, -0.05) is 42.5 Å². The lowest BCUT2D eigenvalue weighted by atomic mass is 9.93. The van der Waals surface area contributed by atoms with Gasteiger partial charge in [0.15, 0.2) is 0 Å². The molecule has 0 radical (unpaired) electrons. The largest absolute Gasteiger partial charge is 0.418 e. The highest BCUT2D eigenvalue weighted by molar-refractivity contribution is 5.90. The van der Waals surface area contributed by atoms with Crippen molar-refractivity contribution < 1.29 is 23.1 Å². The van der Waals surface area contributed by atoms with Crippen molar-refractivity contribution in [3.63, 3.8) is 0 Å². The van der Waals surface area contributed by atoms with Gasteiger partial charge in [-0.2, -0.15) is 13.2 Å². The number of anilines is 1. The first-order chi connectivity index (χ1) is 11.3. The van der Waals surface area contributed by atoms with Crippen LogP contribution in [0.25, 0.3) is 0 Å². The lowest BCUT2D eigenvalue weighted by molar-refractivity contribution is -0.136. The van der Waals surface area contributed by atoms with Crippen LogP contribution in [-0.4, -0.2) is 17.7 Å². The number of aliphatic hydroxyl groups excluding tert-OH is 1. The SMILES string of the molecule is C[C@@](CO)(NC(=O)Nc1ccccc1C(F)(F)F)c1ccccc1. The molecule has 0 saturated carbocycles. The maximum Gasteiger partial charge on any atom is 0.418 e. The predicted molar refractivity (Wildman–Crippen MR) is 84.5 cm³/mol. The zero-order chi connectivity index (χ0) is 17.8. The van der Waals surface area contributed by atoms with Crippen molar-refractivity contribution in [1.29, 1.82) is 0 Å². The van der Waals surface area contributed by atoms with E-state index in [0.29, 0.717) is 5.56 Å². The number of carbonyl (C=O) groups is 1. The summed E-state index contributed by atoms with van der Waals surface area (Å²) in [5.74, 6) is 0. The molecular formula is C17H17F3N2O2. The Morgan fingerprint density at radius 2 is 1.62 bits per heavy atom. The van der Waals surface area contributed by atoms with Crippen LogP contribution in [0.1, 0.15) is 18.1 Å². The molecule has 0 saturated heterocycles. The Kier molecular flexibility index (Phi) is 5.14. The molecule has 0 unspecified atom stereocenters. The fraction of sp³-hybridized carbons (Fsp3) is 0.235. The number of hydrogen-bond acceptors (Lipinski definition) is 2. The second-order valence-electron chi connectivity index (χ2n) is 5.48. The van der Waals surface area contributed by atoms with E-state index < -0.39 is 29.9 Å². The lowest BCUT2D eigenvalue weighted by Gasteiger charge is -2.29. The smallest absolute Gasteiger partial charge is 0.394 e. The third-order valence-electron chi connectivity index (χ3n) is 3.60. The average molecular weight is 338 g/mol. The van der Waals surface area contributed by atoms with E-state index in [2.05, 4.69) is 10.6 Å². The minimum absolute atomic E-state index is 0.351. The molecule has 0 spiro atoms. The summed E-state index contributed by atoms with van der Waals surface area (Å²) in [5, 5.41) is 14.3. The van der Waals surface area contributed by atoms with Crippen LogP contribution in [0.5, 0.6) is 0 Å². The summed E-state index contributed by atoms with van der Waals surface area (Å²) < 4.78 is 38.9. The van der Waals surface area contributed by atoms with Gasteiger partial charge in [0.1, 0.15) is 0 Å². The Balaban J connectivity index is 2.19. The zero-order valence-corrected chi connectivity index (χ0v) is 12.9. The van der Waals surface area contributed by atoms with Crippen LogP contribution in [0.2, 0.25) is 0 Å². The Hall–Kier alpha value is -2.54. The van der Waals surface area contributed by atoms with Crippen LogP contribution in [-0.2, 0) is 11.7 Å². The number of rotatable bonds is 4. The van der Waals surface area contributed by atoms with Gasteiger partial charge in [0.25, 0.3) is 0 Å². The number of urea groups is 1. The summed E-state index contributed by atoms with van der Waals surface area (Å²) in [5.41, 5.74) is -1.79. The number of alkyl halides is 3. The van der Waals surface area contributed by atoms with Crippen molar-refractivity contribution >= 4 is 11.7 Å². The van der Waals surface area contributed by atoms with Crippen LogP contribution in [0.4, 0.5) is 23.7 Å².